The Balaban J connectivity index is 2.11. The zero-order valence-corrected chi connectivity index (χ0v) is 15.0. The lowest BCUT2D eigenvalue weighted by molar-refractivity contribution is -0.137. The summed E-state index contributed by atoms with van der Waals surface area (Å²) in [5.41, 5.74) is 4.41. The van der Waals surface area contributed by atoms with Crippen LogP contribution in [0.5, 0.6) is 0 Å². The first-order chi connectivity index (χ1) is 11.8. The third kappa shape index (κ3) is 3.33. The van der Waals surface area contributed by atoms with Gasteiger partial charge in [-0.25, -0.2) is 0 Å². The summed E-state index contributed by atoms with van der Waals surface area (Å²) in [4.78, 5) is 1.07. The first-order valence-corrected chi connectivity index (χ1v) is 9.05. The number of thioether (sulfide) groups is 1. The van der Waals surface area contributed by atoms with E-state index in [0.717, 1.165) is 45.1 Å². The standard InChI is InChI=1S/C20H18F3NS/c1-13-6-4-5-7-18(13)24-12-17(19(25-3)14(24)2)15-8-10-16(11-9-15)20(21,22)23/h4-12H,1-3H3. The van der Waals surface area contributed by atoms with Gasteiger partial charge in [0.25, 0.3) is 0 Å². The van der Waals surface area contributed by atoms with E-state index >= 15 is 0 Å². The molecule has 3 rings (SSSR count). The summed E-state index contributed by atoms with van der Waals surface area (Å²) in [7, 11) is 0. The van der Waals surface area contributed by atoms with Gasteiger partial charge in [0.15, 0.2) is 0 Å². The van der Waals surface area contributed by atoms with Crippen molar-refractivity contribution in [1.29, 1.82) is 0 Å². The Bertz CT molecular complexity index is 892. The number of aryl methyl sites for hydroxylation is 1. The lowest BCUT2D eigenvalue weighted by atomic mass is 10.1. The fourth-order valence-electron chi connectivity index (χ4n) is 2.97. The first kappa shape index (κ1) is 17.7. The Morgan fingerprint density at radius 3 is 2.12 bits per heavy atom. The van der Waals surface area contributed by atoms with Crippen LogP contribution < -0.4 is 0 Å². The maximum absolute atomic E-state index is 12.8. The van der Waals surface area contributed by atoms with E-state index in [1.807, 2.05) is 50.6 Å². The van der Waals surface area contributed by atoms with Crippen LogP contribution in [0, 0.1) is 13.8 Å². The maximum atomic E-state index is 12.8. The average molecular weight is 361 g/mol. The second-order valence-corrected chi connectivity index (χ2v) is 6.71. The van der Waals surface area contributed by atoms with Gasteiger partial charge in [0, 0.05) is 28.0 Å². The number of hydrogen-bond acceptors (Lipinski definition) is 1. The monoisotopic (exact) mass is 361 g/mol. The molecule has 2 aromatic carbocycles. The molecular formula is C20H18F3NS. The van der Waals surface area contributed by atoms with Crippen molar-refractivity contribution in [2.24, 2.45) is 0 Å². The predicted molar refractivity (Wildman–Crippen MR) is 97.5 cm³/mol. The summed E-state index contributed by atoms with van der Waals surface area (Å²) in [6.07, 6.45) is -0.325. The summed E-state index contributed by atoms with van der Waals surface area (Å²) >= 11 is 1.60. The Kier molecular flexibility index (Phi) is 4.69. The lowest BCUT2D eigenvalue weighted by Crippen LogP contribution is -2.03. The van der Waals surface area contributed by atoms with E-state index < -0.39 is 11.7 Å². The number of hydrogen-bond donors (Lipinski definition) is 0. The smallest absolute Gasteiger partial charge is 0.319 e. The first-order valence-electron chi connectivity index (χ1n) is 7.82. The van der Waals surface area contributed by atoms with Gasteiger partial charge in [-0.1, -0.05) is 30.3 Å². The molecule has 25 heavy (non-hydrogen) atoms. The SMILES string of the molecule is CSc1c(-c2ccc(C(F)(F)F)cc2)cn(-c2ccccc2C)c1C. The van der Waals surface area contributed by atoms with Crippen molar-refractivity contribution in [2.75, 3.05) is 6.26 Å². The van der Waals surface area contributed by atoms with Gasteiger partial charge in [-0.3, -0.25) is 0 Å². The molecule has 0 saturated carbocycles. The number of alkyl halides is 3. The van der Waals surface area contributed by atoms with E-state index in [2.05, 4.69) is 4.57 Å². The Hall–Kier alpha value is -2.14. The normalized spacial score (nSPS) is 11.8. The molecule has 0 N–H and O–H groups in total. The minimum absolute atomic E-state index is 0.628. The van der Waals surface area contributed by atoms with Gasteiger partial charge < -0.3 is 4.57 Å². The molecule has 0 saturated heterocycles. The second-order valence-electron chi connectivity index (χ2n) is 5.89. The highest BCUT2D eigenvalue weighted by Gasteiger charge is 2.30. The minimum atomic E-state index is -4.32. The third-order valence-electron chi connectivity index (χ3n) is 4.30. The molecule has 0 bridgehead atoms. The molecule has 0 atom stereocenters. The van der Waals surface area contributed by atoms with Crippen LogP contribution in [-0.2, 0) is 6.18 Å². The molecule has 0 aliphatic rings. The number of halogens is 3. The number of para-hydroxylation sites is 1. The molecular weight excluding hydrogens is 343 g/mol. The number of nitrogens with zero attached hydrogens (tertiary/aromatic N) is 1. The summed E-state index contributed by atoms with van der Waals surface area (Å²) < 4.78 is 40.5. The molecule has 0 aliphatic heterocycles. The molecule has 0 spiro atoms. The largest absolute Gasteiger partial charge is 0.416 e. The predicted octanol–water partition coefficient (Wildman–Crippen LogP) is 6.50. The summed E-state index contributed by atoms with van der Waals surface area (Å²) in [5.74, 6) is 0. The molecule has 1 heterocycles. The van der Waals surface area contributed by atoms with Gasteiger partial charge in [-0.2, -0.15) is 13.2 Å². The Morgan fingerprint density at radius 1 is 0.920 bits per heavy atom. The van der Waals surface area contributed by atoms with Crippen LogP contribution in [0.1, 0.15) is 16.8 Å². The van der Waals surface area contributed by atoms with E-state index in [4.69, 9.17) is 0 Å². The van der Waals surface area contributed by atoms with Crippen molar-refractivity contribution in [3.8, 4) is 16.8 Å². The van der Waals surface area contributed by atoms with Crippen molar-refractivity contribution in [3.63, 3.8) is 0 Å². The molecule has 0 unspecified atom stereocenters. The average Bonchev–Trinajstić information content (AvgIpc) is 2.91. The van der Waals surface area contributed by atoms with Crippen molar-refractivity contribution >= 4 is 11.8 Å². The van der Waals surface area contributed by atoms with Crippen LogP contribution in [0.4, 0.5) is 13.2 Å². The van der Waals surface area contributed by atoms with E-state index in [1.54, 1.807) is 23.9 Å². The molecule has 5 heteroatoms. The van der Waals surface area contributed by atoms with Gasteiger partial charge in [0.05, 0.1) is 5.56 Å². The van der Waals surface area contributed by atoms with Crippen molar-refractivity contribution < 1.29 is 13.2 Å². The highest BCUT2D eigenvalue weighted by molar-refractivity contribution is 7.98. The number of aromatic nitrogens is 1. The molecule has 0 aliphatic carbocycles. The molecule has 1 aromatic heterocycles. The quantitative estimate of drug-likeness (QED) is 0.482. The fraction of sp³-hybridized carbons (Fsp3) is 0.200. The van der Waals surface area contributed by atoms with Crippen LogP contribution in [0.15, 0.2) is 59.6 Å². The van der Waals surface area contributed by atoms with E-state index in [0.29, 0.717) is 0 Å². The number of benzene rings is 2. The van der Waals surface area contributed by atoms with E-state index in [1.165, 1.54) is 0 Å². The van der Waals surface area contributed by atoms with Crippen LogP contribution in [-0.4, -0.2) is 10.8 Å². The van der Waals surface area contributed by atoms with Gasteiger partial charge in [-0.05, 0) is 49.4 Å². The van der Waals surface area contributed by atoms with Crippen molar-refractivity contribution in [3.05, 3.63) is 71.5 Å². The van der Waals surface area contributed by atoms with Crippen molar-refractivity contribution in [2.45, 2.75) is 24.9 Å². The van der Waals surface area contributed by atoms with Gasteiger partial charge in [0.1, 0.15) is 0 Å². The third-order valence-corrected chi connectivity index (χ3v) is 5.22. The molecule has 1 nitrogen and oxygen atoms in total. The molecule has 0 amide bonds. The van der Waals surface area contributed by atoms with Gasteiger partial charge in [-0.15, -0.1) is 11.8 Å². The lowest BCUT2D eigenvalue weighted by Gasteiger charge is -2.09. The van der Waals surface area contributed by atoms with Crippen LogP contribution in [0.3, 0.4) is 0 Å². The van der Waals surface area contributed by atoms with Crippen molar-refractivity contribution in [1.82, 2.24) is 4.57 Å². The number of rotatable bonds is 3. The zero-order valence-electron chi connectivity index (χ0n) is 14.2. The minimum Gasteiger partial charge on any atom is -0.319 e. The van der Waals surface area contributed by atoms with Crippen LogP contribution in [0.25, 0.3) is 16.8 Å². The molecule has 0 radical (unpaired) electrons. The fourth-order valence-corrected chi connectivity index (χ4v) is 3.76. The van der Waals surface area contributed by atoms with Crippen LogP contribution in [0.2, 0.25) is 0 Å². The van der Waals surface area contributed by atoms with E-state index in [9.17, 15) is 13.2 Å². The molecule has 3 aromatic rings. The molecule has 0 fully saturated rings. The Morgan fingerprint density at radius 2 is 1.56 bits per heavy atom. The van der Waals surface area contributed by atoms with E-state index in [-0.39, 0.29) is 0 Å². The summed E-state index contributed by atoms with van der Waals surface area (Å²) in [6, 6.07) is 13.4. The highest BCUT2D eigenvalue weighted by atomic mass is 32.2. The zero-order chi connectivity index (χ0) is 18.2. The topological polar surface area (TPSA) is 4.93 Å². The maximum Gasteiger partial charge on any atom is 0.416 e. The molecule has 130 valence electrons. The summed E-state index contributed by atoms with van der Waals surface area (Å²) in [6.45, 7) is 4.08. The van der Waals surface area contributed by atoms with Gasteiger partial charge >= 0.3 is 6.18 Å². The second kappa shape index (κ2) is 6.64. The van der Waals surface area contributed by atoms with Crippen LogP contribution >= 0.6 is 11.8 Å². The highest BCUT2D eigenvalue weighted by Crippen LogP contribution is 2.38. The Labute approximate surface area is 149 Å². The summed E-state index contributed by atoms with van der Waals surface area (Å²) in [5, 5.41) is 0. The van der Waals surface area contributed by atoms with Gasteiger partial charge in [0.2, 0.25) is 0 Å².